The second-order valence-electron chi connectivity index (χ2n) is 3.89. The second-order valence-corrected chi connectivity index (χ2v) is 4.22. The van der Waals surface area contributed by atoms with E-state index in [9.17, 15) is 0 Å². The molecule has 3 nitrogen and oxygen atoms in total. The SMILES string of the molecule is Clc1nc2ccccc2n1C1CCNC1. The normalized spacial score (nSPS) is 21.3. The molecule has 0 amide bonds. The summed E-state index contributed by atoms with van der Waals surface area (Å²) in [5.41, 5.74) is 2.12. The van der Waals surface area contributed by atoms with Crippen molar-refractivity contribution in [2.45, 2.75) is 12.5 Å². The lowest BCUT2D eigenvalue weighted by molar-refractivity contribution is 0.562. The van der Waals surface area contributed by atoms with Gasteiger partial charge in [-0.15, -0.1) is 0 Å². The molecular weight excluding hydrogens is 210 g/mol. The highest BCUT2D eigenvalue weighted by atomic mass is 35.5. The van der Waals surface area contributed by atoms with Crippen molar-refractivity contribution in [3.05, 3.63) is 29.5 Å². The Hall–Kier alpha value is -1.06. The standard InChI is InChI=1S/C11H12ClN3/c12-11-14-9-3-1-2-4-10(9)15(11)8-5-6-13-7-8/h1-4,8,13H,5-7H2. The van der Waals surface area contributed by atoms with Crippen LogP contribution in [-0.4, -0.2) is 22.6 Å². The summed E-state index contributed by atoms with van der Waals surface area (Å²) in [6.07, 6.45) is 1.13. The van der Waals surface area contributed by atoms with E-state index >= 15 is 0 Å². The molecule has 78 valence electrons. The van der Waals surface area contributed by atoms with Crippen LogP contribution in [0.3, 0.4) is 0 Å². The lowest BCUT2D eigenvalue weighted by Crippen LogP contribution is -2.13. The summed E-state index contributed by atoms with van der Waals surface area (Å²) in [6, 6.07) is 8.54. The monoisotopic (exact) mass is 221 g/mol. The lowest BCUT2D eigenvalue weighted by atomic mass is 10.2. The Kier molecular flexibility index (Phi) is 2.15. The molecule has 1 aliphatic rings. The van der Waals surface area contributed by atoms with Gasteiger partial charge in [0, 0.05) is 6.54 Å². The molecule has 1 saturated heterocycles. The average molecular weight is 222 g/mol. The third-order valence-corrected chi connectivity index (χ3v) is 3.22. The van der Waals surface area contributed by atoms with Crippen molar-refractivity contribution < 1.29 is 0 Å². The largest absolute Gasteiger partial charge is 0.315 e. The Morgan fingerprint density at radius 1 is 1.40 bits per heavy atom. The highest BCUT2D eigenvalue weighted by Crippen LogP contribution is 2.27. The average Bonchev–Trinajstić information content (AvgIpc) is 2.82. The van der Waals surface area contributed by atoms with E-state index in [1.165, 1.54) is 0 Å². The van der Waals surface area contributed by atoms with Crippen molar-refractivity contribution in [3.8, 4) is 0 Å². The summed E-state index contributed by atoms with van der Waals surface area (Å²) in [7, 11) is 0. The van der Waals surface area contributed by atoms with Crippen LogP contribution in [-0.2, 0) is 0 Å². The number of imidazole rings is 1. The number of aromatic nitrogens is 2. The van der Waals surface area contributed by atoms with Gasteiger partial charge in [0.1, 0.15) is 0 Å². The molecule has 0 bridgehead atoms. The highest BCUT2D eigenvalue weighted by Gasteiger charge is 2.21. The molecule has 1 aliphatic heterocycles. The van der Waals surface area contributed by atoms with Crippen LogP contribution in [0.1, 0.15) is 12.5 Å². The minimum absolute atomic E-state index is 0.449. The fourth-order valence-electron chi connectivity index (χ4n) is 2.22. The van der Waals surface area contributed by atoms with Crippen LogP contribution in [0.4, 0.5) is 0 Å². The molecule has 0 radical (unpaired) electrons. The van der Waals surface area contributed by atoms with Crippen LogP contribution in [0.5, 0.6) is 0 Å². The van der Waals surface area contributed by atoms with Gasteiger partial charge >= 0.3 is 0 Å². The van der Waals surface area contributed by atoms with E-state index in [0.29, 0.717) is 11.3 Å². The number of hydrogen-bond acceptors (Lipinski definition) is 2. The van der Waals surface area contributed by atoms with Gasteiger partial charge in [-0.25, -0.2) is 4.98 Å². The van der Waals surface area contributed by atoms with Crippen molar-refractivity contribution in [3.63, 3.8) is 0 Å². The van der Waals surface area contributed by atoms with Crippen molar-refractivity contribution in [1.82, 2.24) is 14.9 Å². The van der Waals surface area contributed by atoms with Crippen molar-refractivity contribution in [1.29, 1.82) is 0 Å². The summed E-state index contributed by atoms with van der Waals surface area (Å²) >= 11 is 6.17. The molecule has 0 saturated carbocycles. The van der Waals surface area contributed by atoms with E-state index in [-0.39, 0.29) is 0 Å². The van der Waals surface area contributed by atoms with Crippen LogP contribution < -0.4 is 5.32 Å². The molecule has 3 rings (SSSR count). The minimum atomic E-state index is 0.449. The van der Waals surface area contributed by atoms with Gasteiger partial charge in [-0.1, -0.05) is 12.1 Å². The first-order valence-electron chi connectivity index (χ1n) is 5.19. The van der Waals surface area contributed by atoms with Crippen molar-refractivity contribution in [2.75, 3.05) is 13.1 Å². The fraction of sp³-hybridized carbons (Fsp3) is 0.364. The fourth-order valence-corrected chi connectivity index (χ4v) is 2.54. The summed E-state index contributed by atoms with van der Waals surface area (Å²) in [4.78, 5) is 4.36. The molecule has 1 fully saturated rings. The predicted molar refractivity (Wildman–Crippen MR) is 61.3 cm³/mol. The van der Waals surface area contributed by atoms with Crippen LogP contribution in [0.2, 0.25) is 5.28 Å². The van der Waals surface area contributed by atoms with E-state index in [2.05, 4.69) is 20.9 Å². The molecule has 1 atom stereocenters. The van der Waals surface area contributed by atoms with E-state index < -0.39 is 0 Å². The van der Waals surface area contributed by atoms with E-state index in [1.54, 1.807) is 0 Å². The topological polar surface area (TPSA) is 29.9 Å². The first-order valence-corrected chi connectivity index (χ1v) is 5.57. The number of rotatable bonds is 1. The summed E-state index contributed by atoms with van der Waals surface area (Å²) in [5.74, 6) is 0. The third kappa shape index (κ3) is 1.43. The molecule has 2 aromatic rings. The first-order chi connectivity index (χ1) is 7.36. The molecule has 0 spiro atoms. The van der Waals surface area contributed by atoms with Crippen LogP contribution in [0.25, 0.3) is 11.0 Å². The van der Waals surface area contributed by atoms with Gasteiger partial charge in [-0.05, 0) is 36.7 Å². The number of para-hydroxylation sites is 2. The van der Waals surface area contributed by atoms with Gasteiger partial charge in [0.05, 0.1) is 17.1 Å². The molecule has 1 unspecified atom stereocenters. The van der Waals surface area contributed by atoms with Gasteiger partial charge in [0.25, 0.3) is 0 Å². The number of hydrogen-bond donors (Lipinski definition) is 1. The van der Waals surface area contributed by atoms with Gasteiger partial charge < -0.3 is 9.88 Å². The number of nitrogens with one attached hydrogen (secondary N) is 1. The Bertz CT molecular complexity index is 486. The van der Waals surface area contributed by atoms with E-state index in [4.69, 9.17) is 11.6 Å². The highest BCUT2D eigenvalue weighted by molar-refractivity contribution is 6.29. The zero-order valence-electron chi connectivity index (χ0n) is 8.28. The molecule has 0 aliphatic carbocycles. The molecule has 15 heavy (non-hydrogen) atoms. The zero-order valence-corrected chi connectivity index (χ0v) is 9.04. The van der Waals surface area contributed by atoms with Crippen LogP contribution in [0, 0.1) is 0 Å². The minimum Gasteiger partial charge on any atom is -0.315 e. The number of halogens is 1. The molecule has 1 aromatic carbocycles. The van der Waals surface area contributed by atoms with Crippen molar-refractivity contribution >= 4 is 22.6 Å². The molecular formula is C11H12ClN3. The molecule has 4 heteroatoms. The number of fused-ring (bicyclic) bond motifs is 1. The number of benzene rings is 1. The Labute approximate surface area is 93.1 Å². The van der Waals surface area contributed by atoms with Crippen LogP contribution >= 0.6 is 11.6 Å². The maximum Gasteiger partial charge on any atom is 0.204 e. The molecule has 1 N–H and O–H groups in total. The zero-order chi connectivity index (χ0) is 10.3. The maximum absolute atomic E-state index is 6.17. The van der Waals surface area contributed by atoms with Gasteiger partial charge in [0.2, 0.25) is 5.28 Å². The first kappa shape index (κ1) is 9.19. The smallest absolute Gasteiger partial charge is 0.204 e. The summed E-state index contributed by atoms with van der Waals surface area (Å²) in [5, 5.41) is 3.95. The predicted octanol–water partition coefficient (Wildman–Crippen LogP) is 2.22. The molecule has 2 heterocycles. The second kappa shape index (κ2) is 3.51. The van der Waals surface area contributed by atoms with Crippen LogP contribution in [0.15, 0.2) is 24.3 Å². The summed E-state index contributed by atoms with van der Waals surface area (Å²) < 4.78 is 2.14. The lowest BCUT2D eigenvalue weighted by Gasteiger charge is -2.12. The Balaban J connectivity index is 2.19. The number of nitrogens with zero attached hydrogens (tertiary/aromatic N) is 2. The summed E-state index contributed by atoms with van der Waals surface area (Å²) in [6.45, 7) is 2.05. The quantitative estimate of drug-likeness (QED) is 0.801. The Morgan fingerprint density at radius 2 is 2.27 bits per heavy atom. The van der Waals surface area contributed by atoms with E-state index in [0.717, 1.165) is 30.5 Å². The molecule has 1 aromatic heterocycles. The van der Waals surface area contributed by atoms with Gasteiger partial charge in [0.15, 0.2) is 0 Å². The van der Waals surface area contributed by atoms with Gasteiger partial charge in [-0.3, -0.25) is 0 Å². The Morgan fingerprint density at radius 3 is 3.07 bits per heavy atom. The van der Waals surface area contributed by atoms with E-state index in [1.807, 2.05) is 18.2 Å². The van der Waals surface area contributed by atoms with Gasteiger partial charge in [-0.2, -0.15) is 0 Å². The van der Waals surface area contributed by atoms with Crippen molar-refractivity contribution in [2.24, 2.45) is 0 Å². The third-order valence-electron chi connectivity index (χ3n) is 2.95. The maximum atomic E-state index is 6.17.